The van der Waals surface area contributed by atoms with Crippen molar-refractivity contribution in [2.75, 3.05) is 5.88 Å². The molecule has 0 aliphatic heterocycles. The van der Waals surface area contributed by atoms with Gasteiger partial charge < -0.3 is 0 Å². The molecular weight excluding hydrogens is 232 g/mol. The maximum absolute atomic E-state index is 8.96. The highest BCUT2D eigenvalue weighted by Gasteiger charge is 2.08. The van der Waals surface area contributed by atoms with Gasteiger partial charge in [-0.25, -0.2) is 0 Å². The number of hydrogen-bond acceptors (Lipinski definition) is 2. The maximum Gasteiger partial charge on any atom is 0.133 e. The number of hydrogen-bond donors (Lipinski definition) is 0. The highest BCUT2D eigenvalue weighted by molar-refractivity contribution is 6.17. The number of halogens is 1. The molecule has 0 bridgehead atoms. The zero-order valence-electron chi connectivity index (χ0n) is 9.49. The number of benzene rings is 1. The minimum absolute atomic E-state index is 0.200. The summed E-state index contributed by atoms with van der Waals surface area (Å²) in [5.41, 5.74) is 1.96. The molecule has 2 nitrogen and oxygen atoms in total. The highest BCUT2D eigenvalue weighted by Crippen LogP contribution is 2.24. The van der Waals surface area contributed by atoms with E-state index in [1.54, 1.807) is 0 Å². The zero-order chi connectivity index (χ0) is 12.5. The summed E-state index contributed by atoms with van der Waals surface area (Å²) in [6, 6.07) is 13.5. The van der Waals surface area contributed by atoms with Gasteiger partial charge in [0.15, 0.2) is 0 Å². The van der Waals surface area contributed by atoms with E-state index < -0.39 is 0 Å². The molecule has 0 aliphatic rings. The van der Waals surface area contributed by atoms with Crippen LogP contribution in [0.2, 0.25) is 0 Å². The van der Waals surface area contributed by atoms with Crippen LogP contribution in [0.5, 0.6) is 0 Å². The lowest BCUT2D eigenvalue weighted by Gasteiger charge is -2.07. The molecule has 0 fully saturated rings. The van der Waals surface area contributed by atoms with E-state index >= 15 is 0 Å². The van der Waals surface area contributed by atoms with E-state index in [1.165, 1.54) is 0 Å². The van der Waals surface area contributed by atoms with Crippen molar-refractivity contribution in [1.82, 2.24) is 0 Å². The average Bonchev–Trinajstić information content (AvgIpc) is 2.39. The van der Waals surface area contributed by atoms with Crippen LogP contribution in [0.4, 0.5) is 0 Å². The standard InChI is InChI=1S/C14H13ClN2/c15-9-5-4-8-14(13(10-16)11-17)12-6-2-1-3-7-12/h1-3,6-7H,4-5,8-9H2. The van der Waals surface area contributed by atoms with E-state index in [2.05, 4.69) is 0 Å². The molecule has 0 aliphatic carbocycles. The number of unbranched alkanes of at least 4 members (excludes halogenated alkanes) is 1. The van der Waals surface area contributed by atoms with Crippen LogP contribution in [0.1, 0.15) is 24.8 Å². The smallest absolute Gasteiger partial charge is 0.133 e. The molecule has 0 heterocycles. The van der Waals surface area contributed by atoms with Gasteiger partial charge in [0.05, 0.1) is 0 Å². The minimum atomic E-state index is 0.200. The van der Waals surface area contributed by atoms with Crippen molar-refractivity contribution in [3.05, 3.63) is 41.5 Å². The predicted octanol–water partition coefficient (Wildman–Crippen LogP) is 3.90. The molecule has 17 heavy (non-hydrogen) atoms. The van der Waals surface area contributed by atoms with Crippen LogP contribution < -0.4 is 0 Å². The van der Waals surface area contributed by atoms with Gasteiger partial charge in [-0.1, -0.05) is 30.3 Å². The molecule has 0 unspecified atom stereocenters. The third kappa shape index (κ3) is 3.94. The molecule has 1 aromatic carbocycles. The molecule has 3 heteroatoms. The average molecular weight is 245 g/mol. The number of nitrogens with zero attached hydrogens (tertiary/aromatic N) is 2. The van der Waals surface area contributed by atoms with Crippen LogP contribution in [0.25, 0.3) is 5.57 Å². The highest BCUT2D eigenvalue weighted by atomic mass is 35.5. The third-order valence-corrected chi connectivity index (χ3v) is 2.73. The maximum atomic E-state index is 8.96. The molecule has 0 N–H and O–H groups in total. The van der Waals surface area contributed by atoms with Gasteiger partial charge in [0.25, 0.3) is 0 Å². The van der Waals surface area contributed by atoms with Gasteiger partial charge >= 0.3 is 0 Å². The molecule has 0 saturated heterocycles. The molecule has 0 atom stereocenters. The summed E-state index contributed by atoms with van der Waals surface area (Å²) in [7, 11) is 0. The van der Waals surface area contributed by atoms with Crippen molar-refractivity contribution in [1.29, 1.82) is 10.5 Å². The van der Waals surface area contributed by atoms with E-state index in [-0.39, 0.29) is 5.57 Å². The Bertz CT molecular complexity index is 447. The Hall–Kier alpha value is -1.77. The zero-order valence-corrected chi connectivity index (χ0v) is 10.2. The second-order valence-corrected chi connectivity index (χ2v) is 3.97. The summed E-state index contributed by atoms with van der Waals surface area (Å²) >= 11 is 5.63. The normalized spacial score (nSPS) is 9.12. The van der Waals surface area contributed by atoms with Gasteiger partial charge in [-0.15, -0.1) is 11.6 Å². The van der Waals surface area contributed by atoms with Crippen LogP contribution in [0, 0.1) is 22.7 Å². The first kappa shape index (κ1) is 13.3. The lowest BCUT2D eigenvalue weighted by Crippen LogP contribution is -1.90. The van der Waals surface area contributed by atoms with Crippen LogP contribution in [0.3, 0.4) is 0 Å². The van der Waals surface area contributed by atoms with Crippen LogP contribution in [-0.4, -0.2) is 5.88 Å². The second kappa shape index (κ2) is 7.49. The van der Waals surface area contributed by atoms with Crippen LogP contribution in [0.15, 0.2) is 35.9 Å². The van der Waals surface area contributed by atoms with Crippen molar-refractivity contribution in [2.45, 2.75) is 19.3 Å². The molecule has 86 valence electrons. The fourth-order valence-electron chi connectivity index (χ4n) is 1.61. The minimum Gasteiger partial charge on any atom is -0.192 e. The summed E-state index contributed by atoms with van der Waals surface area (Å²) in [4.78, 5) is 0. The van der Waals surface area contributed by atoms with Crippen molar-refractivity contribution in [2.24, 2.45) is 0 Å². The fraction of sp³-hybridized carbons (Fsp3) is 0.286. The van der Waals surface area contributed by atoms with Crippen molar-refractivity contribution >= 4 is 17.2 Å². The summed E-state index contributed by atoms with van der Waals surface area (Å²) in [5.74, 6) is 0.608. The van der Waals surface area contributed by atoms with E-state index in [4.69, 9.17) is 22.1 Å². The van der Waals surface area contributed by atoms with E-state index in [1.807, 2.05) is 42.5 Å². The molecule has 1 rings (SSSR count). The second-order valence-electron chi connectivity index (χ2n) is 3.59. The third-order valence-electron chi connectivity index (χ3n) is 2.46. The Balaban J connectivity index is 3.01. The van der Waals surface area contributed by atoms with Gasteiger partial charge in [0.2, 0.25) is 0 Å². The van der Waals surface area contributed by atoms with E-state index in [0.717, 1.165) is 24.0 Å². The number of allylic oxidation sites excluding steroid dienone is 2. The van der Waals surface area contributed by atoms with E-state index in [9.17, 15) is 0 Å². The van der Waals surface area contributed by atoms with E-state index in [0.29, 0.717) is 12.3 Å². The molecular formula is C14H13ClN2. The molecule has 0 radical (unpaired) electrons. The van der Waals surface area contributed by atoms with Gasteiger partial charge in [-0.05, 0) is 30.4 Å². The molecule has 0 spiro atoms. The number of alkyl halides is 1. The van der Waals surface area contributed by atoms with Crippen LogP contribution in [-0.2, 0) is 0 Å². The quantitative estimate of drug-likeness (QED) is 0.448. The molecule has 1 aromatic rings. The Morgan fingerprint density at radius 2 is 1.71 bits per heavy atom. The lowest BCUT2D eigenvalue weighted by atomic mass is 9.96. The Morgan fingerprint density at radius 1 is 1.06 bits per heavy atom. The summed E-state index contributed by atoms with van der Waals surface area (Å²) in [5, 5.41) is 17.9. The SMILES string of the molecule is N#CC(C#N)=C(CCCCCl)c1ccccc1. The monoisotopic (exact) mass is 244 g/mol. The molecule has 0 aromatic heterocycles. The summed E-state index contributed by atoms with van der Waals surface area (Å²) in [6.45, 7) is 0. The first-order chi connectivity index (χ1) is 8.33. The molecule has 0 amide bonds. The Morgan fingerprint density at radius 3 is 2.24 bits per heavy atom. The number of rotatable bonds is 5. The largest absolute Gasteiger partial charge is 0.192 e. The molecule has 0 saturated carbocycles. The van der Waals surface area contributed by atoms with Gasteiger partial charge in [0, 0.05) is 5.88 Å². The Kier molecular flexibility index (Phi) is 5.86. The summed E-state index contributed by atoms with van der Waals surface area (Å²) < 4.78 is 0. The number of nitriles is 2. The summed E-state index contributed by atoms with van der Waals surface area (Å²) in [6.07, 6.45) is 2.50. The predicted molar refractivity (Wildman–Crippen MR) is 69.2 cm³/mol. The van der Waals surface area contributed by atoms with Crippen molar-refractivity contribution < 1.29 is 0 Å². The fourth-order valence-corrected chi connectivity index (χ4v) is 1.80. The van der Waals surface area contributed by atoms with Gasteiger partial charge in [-0.3, -0.25) is 0 Å². The van der Waals surface area contributed by atoms with Crippen molar-refractivity contribution in [3.8, 4) is 12.1 Å². The lowest BCUT2D eigenvalue weighted by molar-refractivity contribution is 0.828. The van der Waals surface area contributed by atoms with Gasteiger partial charge in [0.1, 0.15) is 17.7 Å². The van der Waals surface area contributed by atoms with Crippen molar-refractivity contribution in [3.63, 3.8) is 0 Å². The first-order valence-corrected chi connectivity index (χ1v) is 6.01. The topological polar surface area (TPSA) is 47.6 Å². The van der Waals surface area contributed by atoms with Gasteiger partial charge in [-0.2, -0.15) is 10.5 Å². The van der Waals surface area contributed by atoms with Crippen LogP contribution >= 0.6 is 11.6 Å². The Labute approximate surface area is 107 Å². The first-order valence-electron chi connectivity index (χ1n) is 5.48.